The zero-order valence-corrected chi connectivity index (χ0v) is 15.8. The van der Waals surface area contributed by atoms with Crippen LogP contribution in [0.1, 0.15) is 43.7 Å². The summed E-state index contributed by atoms with van der Waals surface area (Å²) < 4.78 is 15.1. The van der Waals surface area contributed by atoms with Gasteiger partial charge in [-0.15, -0.1) is 10.2 Å². The van der Waals surface area contributed by atoms with E-state index in [1.54, 1.807) is 12.1 Å². The number of aromatic nitrogens is 3. The molecule has 1 fully saturated rings. The second kappa shape index (κ2) is 7.65. The molecule has 4 atom stereocenters. The van der Waals surface area contributed by atoms with Crippen molar-refractivity contribution in [2.24, 2.45) is 5.92 Å². The molecular weight excluding hydrogens is 359 g/mol. The Morgan fingerprint density at radius 3 is 2.79 bits per heavy atom. The third-order valence-corrected chi connectivity index (χ3v) is 5.29. The summed E-state index contributed by atoms with van der Waals surface area (Å²) in [6.07, 6.45) is 2.22. The first-order chi connectivity index (χ1) is 13.5. The third-order valence-electron chi connectivity index (χ3n) is 5.29. The molecule has 8 heteroatoms. The molecule has 1 aliphatic heterocycles. The first-order valence-electron chi connectivity index (χ1n) is 9.38. The molecule has 7 nitrogen and oxygen atoms in total. The van der Waals surface area contributed by atoms with E-state index in [-0.39, 0.29) is 35.8 Å². The molecular formula is C20H23FN6O. The van der Waals surface area contributed by atoms with Gasteiger partial charge in [0.15, 0.2) is 11.5 Å². The summed E-state index contributed by atoms with van der Waals surface area (Å²) in [6, 6.07) is 11.8. The minimum atomic E-state index is -0.272. The monoisotopic (exact) mass is 382 g/mol. The molecule has 0 spiro atoms. The van der Waals surface area contributed by atoms with Crippen LogP contribution in [0.15, 0.2) is 48.7 Å². The standard InChI is InChI=1S/C20H23FN6O/c1-12-16(19(25-23-12)14-6-8-15(21)9-7-14)11-18(28)22-13(2)20-26-24-17-5-3-4-10-27(17)20/h3-10,12-13,16,19,23,25H,11H2,1-2H3,(H,22,28)/t12?,13-,16?,19?/m0/s1. The van der Waals surface area contributed by atoms with Crippen molar-refractivity contribution in [3.63, 3.8) is 0 Å². The van der Waals surface area contributed by atoms with Crippen molar-refractivity contribution in [2.45, 2.75) is 38.4 Å². The van der Waals surface area contributed by atoms with Crippen molar-refractivity contribution in [1.82, 2.24) is 30.8 Å². The van der Waals surface area contributed by atoms with Gasteiger partial charge in [-0.05, 0) is 43.7 Å². The molecule has 3 N–H and O–H groups in total. The highest BCUT2D eigenvalue weighted by molar-refractivity contribution is 5.76. The van der Waals surface area contributed by atoms with Crippen LogP contribution in [-0.4, -0.2) is 26.5 Å². The van der Waals surface area contributed by atoms with Gasteiger partial charge in [0.2, 0.25) is 5.91 Å². The Labute approximate surface area is 162 Å². The Kier molecular flexibility index (Phi) is 5.06. The molecule has 28 heavy (non-hydrogen) atoms. The van der Waals surface area contributed by atoms with Crippen LogP contribution in [0.25, 0.3) is 5.65 Å². The number of amides is 1. The van der Waals surface area contributed by atoms with Gasteiger partial charge in [-0.2, -0.15) is 0 Å². The topological polar surface area (TPSA) is 83.3 Å². The Morgan fingerprint density at radius 2 is 2.00 bits per heavy atom. The number of nitrogens with zero attached hydrogens (tertiary/aromatic N) is 3. The van der Waals surface area contributed by atoms with Gasteiger partial charge < -0.3 is 5.32 Å². The van der Waals surface area contributed by atoms with Gasteiger partial charge in [-0.1, -0.05) is 18.2 Å². The van der Waals surface area contributed by atoms with E-state index in [2.05, 4.69) is 26.4 Å². The van der Waals surface area contributed by atoms with Crippen LogP contribution in [-0.2, 0) is 4.79 Å². The van der Waals surface area contributed by atoms with Crippen LogP contribution in [0.4, 0.5) is 4.39 Å². The normalized spacial score (nSPS) is 23.0. The number of hydrogen-bond acceptors (Lipinski definition) is 5. The molecule has 1 amide bonds. The molecule has 1 saturated heterocycles. The zero-order valence-electron chi connectivity index (χ0n) is 15.8. The van der Waals surface area contributed by atoms with Crippen molar-refractivity contribution in [3.05, 3.63) is 65.9 Å². The summed E-state index contributed by atoms with van der Waals surface area (Å²) in [4.78, 5) is 12.7. The Balaban J connectivity index is 1.45. The van der Waals surface area contributed by atoms with E-state index < -0.39 is 0 Å². The van der Waals surface area contributed by atoms with Gasteiger partial charge in [0.1, 0.15) is 5.82 Å². The SMILES string of the molecule is CC1NNC(c2ccc(F)cc2)C1CC(=O)N[C@@H](C)c1nnc2ccccn12. The zero-order chi connectivity index (χ0) is 19.7. The summed E-state index contributed by atoms with van der Waals surface area (Å²) in [5, 5.41) is 11.4. The highest BCUT2D eigenvalue weighted by Gasteiger charge is 2.35. The van der Waals surface area contributed by atoms with Crippen molar-refractivity contribution in [2.75, 3.05) is 0 Å². The van der Waals surface area contributed by atoms with Gasteiger partial charge >= 0.3 is 0 Å². The van der Waals surface area contributed by atoms with Crippen molar-refractivity contribution in [1.29, 1.82) is 0 Å². The van der Waals surface area contributed by atoms with E-state index in [0.29, 0.717) is 12.2 Å². The van der Waals surface area contributed by atoms with E-state index in [1.165, 1.54) is 12.1 Å². The maximum Gasteiger partial charge on any atom is 0.220 e. The van der Waals surface area contributed by atoms with Gasteiger partial charge in [-0.25, -0.2) is 9.82 Å². The highest BCUT2D eigenvalue weighted by Crippen LogP contribution is 2.31. The van der Waals surface area contributed by atoms with Crippen LogP contribution in [0.3, 0.4) is 0 Å². The molecule has 2 aromatic heterocycles. The van der Waals surface area contributed by atoms with E-state index in [9.17, 15) is 9.18 Å². The van der Waals surface area contributed by atoms with E-state index in [0.717, 1.165) is 11.2 Å². The number of nitrogens with one attached hydrogen (secondary N) is 3. The lowest BCUT2D eigenvalue weighted by molar-refractivity contribution is -0.122. The number of carbonyl (C=O) groups excluding carboxylic acids is 1. The lowest BCUT2D eigenvalue weighted by Gasteiger charge is -2.22. The van der Waals surface area contributed by atoms with Crippen molar-refractivity contribution < 1.29 is 9.18 Å². The van der Waals surface area contributed by atoms with Crippen molar-refractivity contribution >= 4 is 11.6 Å². The third kappa shape index (κ3) is 3.61. The van der Waals surface area contributed by atoms with Gasteiger partial charge in [0.25, 0.3) is 0 Å². The highest BCUT2D eigenvalue weighted by atomic mass is 19.1. The molecule has 3 heterocycles. The average molecular weight is 382 g/mol. The number of fused-ring (bicyclic) bond motifs is 1. The first kappa shape index (κ1) is 18.5. The second-order valence-electron chi connectivity index (χ2n) is 7.25. The summed E-state index contributed by atoms with van der Waals surface area (Å²) in [7, 11) is 0. The number of rotatable bonds is 5. The Hall–Kier alpha value is -2.84. The van der Waals surface area contributed by atoms with E-state index >= 15 is 0 Å². The molecule has 4 rings (SSSR count). The van der Waals surface area contributed by atoms with Gasteiger partial charge in [0, 0.05) is 24.6 Å². The molecule has 0 saturated carbocycles. The fraction of sp³-hybridized carbons (Fsp3) is 0.350. The quantitative estimate of drug-likeness (QED) is 0.631. The molecule has 1 aliphatic rings. The number of carbonyl (C=O) groups is 1. The summed E-state index contributed by atoms with van der Waals surface area (Å²) in [6.45, 7) is 3.93. The number of benzene rings is 1. The molecule has 3 unspecified atom stereocenters. The molecule has 0 aliphatic carbocycles. The lowest BCUT2D eigenvalue weighted by Crippen LogP contribution is -2.33. The largest absolute Gasteiger partial charge is 0.346 e. The summed E-state index contributed by atoms with van der Waals surface area (Å²) in [5.74, 6) is 0.392. The first-order valence-corrected chi connectivity index (χ1v) is 9.38. The van der Waals surface area contributed by atoms with Gasteiger partial charge in [-0.3, -0.25) is 14.6 Å². The minimum Gasteiger partial charge on any atom is -0.346 e. The summed E-state index contributed by atoms with van der Waals surface area (Å²) in [5.41, 5.74) is 8.11. The molecule has 0 bridgehead atoms. The van der Waals surface area contributed by atoms with E-state index in [4.69, 9.17) is 0 Å². The number of pyridine rings is 1. The molecule has 0 radical (unpaired) electrons. The lowest BCUT2D eigenvalue weighted by atomic mass is 9.87. The maximum atomic E-state index is 13.2. The predicted molar refractivity (Wildman–Crippen MR) is 103 cm³/mol. The Morgan fingerprint density at radius 1 is 1.21 bits per heavy atom. The maximum absolute atomic E-state index is 13.2. The smallest absolute Gasteiger partial charge is 0.220 e. The minimum absolute atomic E-state index is 0.0350. The van der Waals surface area contributed by atoms with E-state index in [1.807, 2.05) is 42.6 Å². The fourth-order valence-electron chi connectivity index (χ4n) is 3.75. The van der Waals surface area contributed by atoms with Crippen molar-refractivity contribution in [3.8, 4) is 0 Å². The average Bonchev–Trinajstić information content (AvgIpc) is 3.27. The number of hydrogen-bond donors (Lipinski definition) is 3. The van der Waals surface area contributed by atoms with Crippen LogP contribution >= 0.6 is 0 Å². The number of hydrazine groups is 1. The molecule has 1 aromatic carbocycles. The summed E-state index contributed by atoms with van der Waals surface area (Å²) >= 11 is 0. The molecule has 146 valence electrons. The Bertz CT molecular complexity index is 972. The van der Waals surface area contributed by atoms with Crippen LogP contribution in [0.2, 0.25) is 0 Å². The molecule has 3 aromatic rings. The number of halogens is 1. The second-order valence-corrected chi connectivity index (χ2v) is 7.25. The van der Waals surface area contributed by atoms with Crippen LogP contribution < -0.4 is 16.2 Å². The van der Waals surface area contributed by atoms with Gasteiger partial charge in [0.05, 0.1) is 12.1 Å². The van der Waals surface area contributed by atoms with Crippen LogP contribution in [0.5, 0.6) is 0 Å². The predicted octanol–water partition coefficient (Wildman–Crippen LogP) is 2.29. The fourth-order valence-corrected chi connectivity index (χ4v) is 3.75. The van der Waals surface area contributed by atoms with Crippen LogP contribution in [0, 0.1) is 11.7 Å².